The van der Waals surface area contributed by atoms with Gasteiger partial charge in [-0.15, -0.1) is 0 Å². The molecular weight excluding hydrogens is 300 g/mol. The molecule has 112 valence electrons. The maximum Gasteiger partial charge on any atom is 0.356 e. The molecule has 0 saturated carbocycles. The lowest BCUT2D eigenvalue weighted by Crippen LogP contribution is -2.12. The van der Waals surface area contributed by atoms with E-state index in [0.717, 1.165) is 5.39 Å². The van der Waals surface area contributed by atoms with Crippen LogP contribution in [0.2, 0.25) is 0 Å². The first kappa shape index (κ1) is 15.8. The van der Waals surface area contributed by atoms with Crippen molar-refractivity contribution < 1.29 is 9.53 Å². The first-order valence-electron chi connectivity index (χ1n) is 6.54. The van der Waals surface area contributed by atoms with E-state index in [2.05, 4.69) is 15.3 Å². The lowest BCUT2D eigenvalue weighted by Gasteiger charge is -2.06. The number of hydrogen-bond acceptors (Lipinski definition) is 6. The first-order valence-corrected chi connectivity index (χ1v) is 7.76. The van der Waals surface area contributed by atoms with E-state index in [1.54, 1.807) is 31.2 Å². The average molecular weight is 314 g/mol. The number of thioether (sulfide) groups is 1. The zero-order valence-electron chi connectivity index (χ0n) is 12.2. The molecule has 0 atom stereocenters. The molecule has 1 N–H and O–H groups in total. The zero-order chi connectivity index (χ0) is 15.9. The number of aliphatic imine (C=N–C) groups is 1. The van der Waals surface area contributed by atoms with Crippen LogP contribution >= 0.6 is 11.8 Å². The number of aromatic nitrogens is 1. The van der Waals surface area contributed by atoms with Gasteiger partial charge in [-0.1, -0.05) is 17.8 Å². The highest BCUT2D eigenvalue weighted by Crippen LogP contribution is 2.26. The Hall–Kier alpha value is -2.59. The van der Waals surface area contributed by atoms with Gasteiger partial charge in [0.1, 0.15) is 5.69 Å². The van der Waals surface area contributed by atoms with Gasteiger partial charge in [0.2, 0.25) is 0 Å². The summed E-state index contributed by atoms with van der Waals surface area (Å²) in [6.45, 7) is 2.05. The van der Waals surface area contributed by atoms with E-state index in [0.29, 0.717) is 23.0 Å². The summed E-state index contributed by atoms with van der Waals surface area (Å²) in [6.07, 6.45) is 3.67. The van der Waals surface area contributed by atoms with E-state index >= 15 is 0 Å². The summed E-state index contributed by atoms with van der Waals surface area (Å²) in [4.78, 5) is 20.4. The second-order valence-corrected chi connectivity index (χ2v) is 4.91. The number of amidine groups is 1. The third-order valence-electron chi connectivity index (χ3n) is 2.77. The van der Waals surface area contributed by atoms with Gasteiger partial charge in [-0.25, -0.2) is 14.8 Å². The van der Waals surface area contributed by atoms with Crippen LogP contribution in [0.5, 0.6) is 0 Å². The van der Waals surface area contributed by atoms with Crippen LogP contribution in [0.4, 0.5) is 5.69 Å². The van der Waals surface area contributed by atoms with Crippen molar-refractivity contribution in [3.8, 4) is 6.19 Å². The number of hydrogen-bond donors (Lipinski definition) is 1. The van der Waals surface area contributed by atoms with Gasteiger partial charge in [-0.3, -0.25) is 5.32 Å². The van der Waals surface area contributed by atoms with Crippen molar-refractivity contribution in [1.82, 2.24) is 10.3 Å². The Labute approximate surface area is 132 Å². The molecule has 1 aromatic carbocycles. The molecule has 1 aromatic heterocycles. The summed E-state index contributed by atoms with van der Waals surface area (Å²) in [5.41, 5.74) is 1.58. The fraction of sp³-hybridized carbons (Fsp3) is 0.200. The van der Waals surface area contributed by atoms with Crippen molar-refractivity contribution in [2.75, 3.05) is 12.9 Å². The minimum atomic E-state index is -0.450. The van der Waals surface area contributed by atoms with Crippen molar-refractivity contribution in [3.63, 3.8) is 0 Å². The van der Waals surface area contributed by atoms with Gasteiger partial charge in [0.15, 0.2) is 11.4 Å². The summed E-state index contributed by atoms with van der Waals surface area (Å²) in [5, 5.41) is 12.5. The lowest BCUT2D eigenvalue weighted by molar-refractivity contribution is 0.0520. The Bertz CT molecular complexity index is 768. The van der Waals surface area contributed by atoms with Gasteiger partial charge < -0.3 is 4.74 Å². The maximum atomic E-state index is 11.7. The van der Waals surface area contributed by atoms with E-state index in [1.807, 2.05) is 18.5 Å². The van der Waals surface area contributed by atoms with Crippen molar-refractivity contribution in [2.45, 2.75) is 6.92 Å². The number of rotatable bonds is 3. The largest absolute Gasteiger partial charge is 0.461 e. The van der Waals surface area contributed by atoms with Gasteiger partial charge in [0.05, 0.1) is 17.8 Å². The molecule has 1 heterocycles. The fourth-order valence-corrected chi connectivity index (χ4v) is 2.17. The molecular formula is C15H14N4O2S. The van der Waals surface area contributed by atoms with E-state index in [9.17, 15) is 4.79 Å². The summed E-state index contributed by atoms with van der Waals surface area (Å²) in [5.74, 6) is -0.450. The van der Waals surface area contributed by atoms with Crippen LogP contribution in [-0.4, -0.2) is 29.0 Å². The number of esters is 1. The van der Waals surface area contributed by atoms with Gasteiger partial charge in [0.25, 0.3) is 0 Å². The second-order valence-electron chi connectivity index (χ2n) is 4.12. The molecule has 0 aliphatic rings. The van der Waals surface area contributed by atoms with Gasteiger partial charge in [-0.05, 0) is 37.4 Å². The normalized spacial score (nSPS) is 11.0. The predicted molar refractivity (Wildman–Crippen MR) is 87.1 cm³/mol. The quantitative estimate of drug-likeness (QED) is 0.308. The Morgan fingerprint density at radius 3 is 2.95 bits per heavy atom. The van der Waals surface area contributed by atoms with E-state index in [4.69, 9.17) is 10.00 Å². The highest BCUT2D eigenvalue weighted by atomic mass is 32.2. The van der Waals surface area contributed by atoms with E-state index in [1.165, 1.54) is 11.8 Å². The highest BCUT2D eigenvalue weighted by Gasteiger charge is 2.10. The average Bonchev–Trinajstić information content (AvgIpc) is 2.54. The number of nitrogens with zero attached hydrogens (tertiary/aromatic N) is 3. The maximum absolute atomic E-state index is 11.7. The Morgan fingerprint density at radius 2 is 2.27 bits per heavy atom. The third-order valence-corrected chi connectivity index (χ3v) is 3.35. The molecule has 0 aliphatic carbocycles. The third kappa shape index (κ3) is 3.54. The Morgan fingerprint density at radius 1 is 1.45 bits per heavy atom. The minimum absolute atomic E-state index is 0.260. The van der Waals surface area contributed by atoms with Crippen LogP contribution in [-0.2, 0) is 4.74 Å². The summed E-state index contributed by atoms with van der Waals surface area (Å²) in [6, 6.07) is 8.80. The molecule has 0 unspecified atom stereocenters. The summed E-state index contributed by atoms with van der Waals surface area (Å²) in [7, 11) is 0. The number of fused-ring (bicyclic) bond motifs is 1. The predicted octanol–water partition coefficient (Wildman–Crippen LogP) is 2.83. The Balaban J connectivity index is 2.46. The number of carbonyl (C=O) groups is 1. The number of carbonyl (C=O) groups excluding carboxylic acids is 1. The molecule has 7 heteroatoms. The standard InChI is InChI=1S/C15H14N4O2S/c1-3-21-14(20)13-8-7-10-11(18-13)5-4-6-12(10)19-15(22-2)17-9-16/h4-8H,3H2,1-2H3,(H,17,19). The van der Waals surface area contributed by atoms with Gasteiger partial charge >= 0.3 is 5.97 Å². The smallest absolute Gasteiger partial charge is 0.356 e. The second kappa shape index (κ2) is 7.43. The van der Waals surface area contributed by atoms with Crippen LogP contribution in [0, 0.1) is 11.5 Å². The van der Waals surface area contributed by atoms with Crippen molar-refractivity contribution in [3.05, 3.63) is 36.0 Å². The topological polar surface area (TPSA) is 87.4 Å². The first-order chi connectivity index (χ1) is 10.7. The molecule has 0 aliphatic heterocycles. The van der Waals surface area contributed by atoms with Crippen LogP contribution in [0.25, 0.3) is 10.9 Å². The zero-order valence-corrected chi connectivity index (χ0v) is 13.0. The molecule has 0 spiro atoms. The number of nitriles is 1. The number of ether oxygens (including phenoxy) is 1. The summed E-state index contributed by atoms with van der Waals surface area (Å²) >= 11 is 1.33. The lowest BCUT2D eigenvalue weighted by atomic mass is 10.1. The SMILES string of the molecule is CCOC(=O)c1ccc2c(N=C(NC#N)SC)cccc2n1. The molecule has 0 bridgehead atoms. The monoisotopic (exact) mass is 314 g/mol. The minimum Gasteiger partial charge on any atom is -0.461 e. The number of pyridine rings is 1. The number of nitrogens with one attached hydrogen (secondary N) is 1. The van der Waals surface area contributed by atoms with Crippen molar-refractivity contribution in [2.24, 2.45) is 4.99 Å². The van der Waals surface area contributed by atoms with Gasteiger partial charge in [-0.2, -0.15) is 5.26 Å². The molecule has 2 rings (SSSR count). The van der Waals surface area contributed by atoms with E-state index < -0.39 is 5.97 Å². The van der Waals surface area contributed by atoms with Crippen molar-refractivity contribution >= 4 is 39.5 Å². The molecule has 2 aromatic rings. The van der Waals surface area contributed by atoms with Crippen LogP contribution < -0.4 is 5.32 Å². The highest BCUT2D eigenvalue weighted by molar-refractivity contribution is 8.13. The molecule has 0 fully saturated rings. The molecule has 6 nitrogen and oxygen atoms in total. The molecule has 0 amide bonds. The van der Waals surface area contributed by atoms with Crippen LogP contribution in [0.1, 0.15) is 17.4 Å². The molecule has 0 radical (unpaired) electrons. The number of benzene rings is 1. The fourth-order valence-electron chi connectivity index (χ4n) is 1.84. The molecule has 22 heavy (non-hydrogen) atoms. The van der Waals surface area contributed by atoms with E-state index in [-0.39, 0.29) is 5.69 Å². The summed E-state index contributed by atoms with van der Waals surface area (Å²) < 4.78 is 4.94. The van der Waals surface area contributed by atoms with Crippen LogP contribution in [0.3, 0.4) is 0 Å². The Kier molecular flexibility index (Phi) is 5.33. The van der Waals surface area contributed by atoms with Crippen molar-refractivity contribution in [1.29, 1.82) is 5.26 Å². The molecule has 0 saturated heterocycles. The van der Waals surface area contributed by atoms with Crippen LogP contribution in [0.15, 0.2) is 35.3 Å². The van der Waals surface area contributed by atoms with Gasteiger partial charge in [0, 0.05) is 5.39 Å².